The predicted octanol–water partition coefficient (Wildman–Crippen LogP) is 13.3. The second-order valence-electron chi connectivity index (χ2n) is 19.4. The number of carbonyl (C=O) groups excluding carboxylic acids is 1. The van der Waals surface area contributed by atoms with Gasteiger partial charge in [0.1, 0.15) is 42.7 Å². The molecule has 0 amide bonds. The number of esters is 1. The Morgan fingerprint density at radius 2 is 0.800 bits per heavy atom. The Morgan fingerprint density at radius 3 is 1.24 bits per heavy atom. The zero-order valence-electron chi connectivity index (χ0n) is 44.1. The third-order valence-electron chi connectivity index (χ3n) is 12.9. The molecule has 1 fully saturated rings. The lowest BCUT2D eigenvalue weighted by atomic mass is 9.85. The Balaban J connectivity index is 2.31. The number of ether oxygens (including phenoxy) is 2. The highest BCUT2D eigenvalue weighted by molar-refractivity contribution is 7.47. The van der Waals surface area contributed by atoms with Crippen LogP contribution in [0.5, 0.6) is 0 Å². The van der Waals surface area contributed by atoms with E-state index in [1.807, 2.05) is 0 Å². The van der Waals surface area contributed by atoms with E-state index in [-0.39, 0.29) is 13.0 Å². The first kappa shape index (κ1) is 66.1. The van der Waals surface area contributed by atoms with Crippen LogP contribution in [-0.4, -0.2) is 98.9 Å². The highest BCUT2D eigenvalue weighted by Crippen LogP contribution is 2.47. The molecule has 408 valence electrons. The summed E-state index contributed by atoms with van der Waals surface area (Å²) < 4.78 is 34.4. The van der Waals surface area contributed by atoms with E-state index in [4.69, 9.17) is 18.5 Å². The van der Waals surface area contributed by atoms with Crippen LogP contribution in [0.25, 0.3) is 0 Å². The van der Waals surface area contributed by atoms with Crippen molar-refractivity contribution >= 4 is 13.8 Å². The fourth-order valence-corrected chi connectivity index (χ4v) is 9.37. The van der Waals surface area contributed by atoms with Gasteiger partial charge in [0.25, 0.3) is 0 Å². The molecule has 13 heteroatoms. The van der Waals surface area contributed by atoms with E-state index in [0.717, 1.165) is 77.0 Å². The van der Waals surface area contributed by atoms with Crippen molar-refractivity contribution in [2.45, 2.75) is 275 Å². The Hall–Kier alpha value is -1.96. The number of phosphoric acid groups is 1. The number of phosphoric ester groups is 1. The zero-order chi connectivity index (χ0) is 51.2. The van der Waals surface area contributed by atoms with Gasteiger partial charge in [-0.15, -0.1) is 0 Å². The van der Waals surface area contributed by atoms with Crippen LogP contribution < -0.4 is 0 Å². The standard InChI is InChI=1S/C57H103O12P/c1-3-5-7-9-11-13-15-17-19-21-23-24-25-26-27-29-31-33-35-37-39-41-43-45-47-66-48-50(49-67-70(64,65)69-57-55(62)53(60)52(59)54(61)56(57)63)68-51(58)46-44-42-40-38-36-34-32-30-28-22-20-18-16-14-12-10-8-6-4-2/h12,14-15,17-18,20-21,23,25-26,50,52-57,59-63H,3-11,13,16,19,22,24,27-49H2,1-2H3,(H,64,65)/b14-12-,17-15-,20-18-,23-21-,26-25-. The molecule has 6 atom stereocenters. The largest absolute Gasteiger partial charge is 0.472 e. The highest BCUT2D eigenvalue weighted by atomic mass is 31.2. The first-order valence-electron chi connectivity index (χ1n) is 28.1. The molecule has 6 N–H and O–H groups in total. The van der Waals surface area contributed by atoms with Gasteiger partial charge in [-0.2, -0.15) is 0 Å². The molecule has 1 saturated carbocycles. The second-order valence-corrected chi connectivity index (χ2v) is 20.8. The molecule has 0 saturated heterocycles. The Morgan fingerprint density at radius 1 is 0.457 bits per heavy atom. The summed E-state index contributed by atoms with van der Waals surface area (Å²) in [6.07, 6.45) is 48.5. The molecule has 1 aliphatic carbocycles. The first-order valence-corrected chi connectivity index (χ1v) is 29.6. The van der Waals surface area contributed by atoms with Gasteiger partial charge < -0.3 is 39.9 Å². The van der Waals surface area contributed by atoms with E-state index >= 15 is 0 Å². The van der Waals surface area contributed by atoms with Crippen molar-refractivity contribution in [3.05, 3.63) is 60.8 Å². The predicted molar refractivity (Wildman–Crippen MR) is 285 cm³/mol. The third kappa shape index (κ3) is 37.7. The SMILES string of the molecule is CCCCC/C=C\C/C=C\CCCCCCCCCCCC(=O)OC(COCCCCCCCCCCC/C=C\C/C=C\C/C=C\CCCCCCC)COP(=O)(O)OC1C(O)C(O)C(O)C(O)C1O. The smallest absolute Gasteiger partial charge is 0.457 e. The summed E-state index contributed by atoms with van der Waals surface area (Å²) in [5, 5.41) is 50.4. The van der Waals surface area contributed by atoms with Crippen LogP contribution in [0, 0.1) is 0 Å². The summed E-state index contributed by atoms with van der Waals surface area (Å²) in [5.41, 5.74) is 0. The zero-order valence-corrected chi connectivity index (χ0v) is 45.0. The number of hydrogen-bond donors (Lipinski definition) is 6. The number of rotatable bonds is 48. The molecule has 0 radical (unpaired) electrons. The van der Waals surface area contributed by atoms with Crippen molar-refractivity contribution in [3.8, 4) is 0 Å². The molecule has 1 aliphatic rings. The van der Waals surface area contributed by atoms with Crippen LogP contribution in [0.15, 0.2) is 60.8 Å². The highest BCUT2D eigenvalue weighted by Gasteiger charge is 2.51. The summed E-state index contributed by atoms with van der Waals surface area (Å²) in [6.45, 7) is 4.23. The van der Waals surface area contributed by atoms with Crippen molar-refractivity contribution in [2.75, 3.05) is 19.8 Å². The summed E-state index contributed by atoms with van der Waals surface area (Å²) in [5.74, 6) is -0.483. The normalized spacial score (nSPS) is 21.3. The summed E-state index contributed by atoms with van der Waals surface area (Å²) in [6, 6.07) is 0. The minimum Gasteiger partial charge on any atom is -0.457 e. The number of carbonyl (C=O) groups is 1. The van der Waals surface area contributed by atoms with Crippen molar-refractivity contribution in [3.63, 3.8) is 0 Å². The number of hydrogen-bond acceptors (Lipinski definition) is 11. The van der Waals surface area contributed by atoms with E-state index in [1.54, 1.807) is 0 Å². The molecule has 0 aromatic rings. The number of aliphatic hydroxyl groups is 5. The van der Waals surface area contributed by atoms with Gasteiger partial charge in [-0.25, -0.2) is 4.57 Å². The second kappa shape index (κ2) is 46.8. The summed E-state index contributed by atoms with van der Waals surface area (Å²) in [4.78, 5) is 23.3. The van der Waals surface area contributed by atoms with E-state index < -0.39 is 63.1 Å². The summed E-state index contributed by atoms with van der Waals surface area (Å²) >= 11 is 0. The van der Waals surface area contributed by atoms with Crippen LogP contribution in [0.2, 0.25) is 0 Å². The van der Waals surface area contributed by atoms with Crippen LogP contribution in [-0.2, 0) is 27.9 Å². The molecule has 6 unspecified atom stereocenters. The van der Waals surface area contributed by atoms with Crippen molar-refractivity contribution < 1.29 is 58.3 Å². The first-order chi connectivity index (χ1) is 34.0. The van der Waals surface area contributed by atoms with E-state index in [9.17, 15) is 39.8 Å². The lowest BCUT2D eigenvalue weighted by Crippen LogP contribution is -2.64. The number of aliphatic hydroxyl groups excluding tert-OH is 5. The Kier molecular flexibility index (Phi) is 44.2. The molecule has 0 bridgehead atoms. The van der Waals surface area contributed by atoms with Gasteiger partial charge in [-0.3, -0.25) is 13.8 Å². The number of unbranched alkanes of at least 4 members (excludes halogenated alkanes) is 26. The molecular formula is C57H103O12P. The van der Waals surface area contributed by atoms with Crippen molar-refractivity contribution in [1.29, 1.82) is 0 Å². The molecule has 0 aromatic carbocycles. The Bertz CT molecular complexity index is 1380. The average molecular weight is 1010 g/mol. The summed E-state index contributed by atoms with van der Waals surface area (Å²) in [7, 11) is -5.03. The van der Waals surface area contributed by atoms with Crippen molar-refractivity contribution in [1.82, 2.24) is 0 Å². The van der Waals surface area contributed by atoms with Crippen LogP contribution in [0.1, 0.15) is 232 Å². The lowest BCUT2D eigenvalue weighted by molar-refractivity contribution is -0.220. The third-order valence-corrected chi connectivity index (χ3v) is 13.8. The van der Waals surface area contributed by atoms with E-state index in [0.29, 0.717) is 13.0 Å². The molecule has 0 aliphatic heterocycles. The van der Waals surface area contributed by atoms with E-state index in [1.165, 1.54) is 128 Å². The monoisotopic (exact) mass is 1010 g/mol. The Labute approximate surface area is 426 Å². The fraction of sp³-hybridized carbons (Fsp3) is 0.807. The van der Waals surface area contributed by atoms with Gasteiger partial charge >= 0.3 is 13.8 Å². The molecule has 0 heterocycles. The van der Waals surface area contributed by atoms with Gasteiger partial charge in [-0.05, 0) is 83.5 Å². The molecule has 12 nitrogen and oxygen atoms in total. The van der Waals surface area contributed by atoms with Gasteiger partial charge in [0.15, 0.2) is 0 Å². The quantitative estimate of drug-likeness (QED) is 0.0146. The maximum atomic E-state index is 12.9. The minimum atomic E-state index is -5.03. The average Bonchev–Trinajstić information content (AvgIpc) is 3.35. The van der Waals surface area contributed by atoms with Crippen LogP contribution >= 0.6 is 7.82 Å². The molecule has 0 aromatic heterocycles. The molecule has 1 rings (SSSR count). The molecular weight excluding hydrogens is 908 g/mol. The minimum absolute atomic E-state index is 0.0836. The van der Waals surface area contributed by atoms with Gasteiger partial charge in [-0.1, -0.05) is 203 Å². The van der Waals surface area contributed by atoms with Crippen LogP contribution in [0.3, 0.4) is 0 Å². The van der Waals surface area contributed by atoms with Crippen LogP contribution in [0.4, 0.5) is 0 Å². The maximum Gasteiger partial charge on any atom is 0.472 e. The lowest BCUT2D eigenvalue weighted by Gasteiger charge is -2.41. The van der Waals surface area contributed by atoms with Crippen molar-refractivity contribution in [2.24, 2.45) is 0 Å². The van der Waals surface area contributed by atoms with Gasteiger partial charge in [0.2, 0.25) is 0 Å². The maximum absolute atomic E-state index is 12.9. The van der Waals surface area contributed by atoms with Gasteiger partial charge in [0, 0.05) is 13.0 Å². The topological polar surface area (TPSA) is 192 Å². The number of allylic oxidation sites excluding steroid dienone is 10. The van der Waals surface area contributed by atoms with E-state index in [2.05, 4.69) is 74.6 Å². The molecule has 0 spiro atoms. The fourth-order valence-electron chi connectivity index (χ4n) is 8.39. The molecule has 70 heavy (non-hydrogen) atoms. The van der Waals surface area contributed by atoms with Gasteiger partial charge in [0.05, 0.1) is 13.2 Å².